The molecule has 1 aromatic carbocycles. The van der Waals surface area contributed by atoms with Gasteiger partial charge in [-0.15, -0.1) is 0 Å². The molecule has 0 fully saturated rings. The largest absolute Gasteiger partial charge is 0.207 e. The number of hydrogen-bond acceptors (Lipinski definition) is 0. The Bertz CT molecular complexity index is 281. The van der Waals surface area contributed by atoms with Gasteiger partial charge >= 0.3 is 0 Å². The van der Waals surface area contributed by atoms with Crippen molar-refractivity contribution in [2.45, 2.75) is 31.5 Å². The third-order valence-electron chi connectivity index (χ3n) is 2.01. The first-order chi connectivity index (χ1) is 6.09. The van der Waals surface area contributed by atoms with E-state index in [1.54, 1.807) is 12.1 Å². The van der Waals surface area contributed by atoms with Crippen LogP contribution in [0.3, 0.4) is 0 Å². The molecule has 2 heteroatoms. The fraction of sp³-hybridized carbons (Fsp3) is 0.455. The number of benzene rings is 1. The van der Waals surface area contributed by atoms with Gasteiger partial charge in [-0.25, -0.2) is 4.39 Å². The van der Waals surface area contributed by atoms with E-state index in [0.29, 0.717) is 4.83 Å². The maximum Gasteiger partial charge on any atom is 0.126 e. The molecule has 13 heavy (non-hydrogen) atoms. The predicted octanol–water partition coefficient (Wildman–Crippen LogP) is 3.85. The molecule has 0 aliphatic carbocycles. The van der Waals surface area contributed by atoms with E-state index in [-0.39, 0.29) is 5.82 Å². The number of halogens is 2. The molecule has 1 unspecified atom stereocenters. The predicted molar refractivity (Wildman–Crippen MR) is 57.8 cm³/mol. The molecule has 1 aromatic rings. The first-order valence-electron chi connectivity index (χ1n) is 4.48. The zero-order valence-electron chi connectivity index (χ0n) is 7.98. The summed E-state index contributed by atoms with van der Waals surface area (Å²) in [4.78, 5) is 0.451. The molecule has 0 aromatic heterocycles. The molecule has 0 amide bonds. The van der Waals surface area contributed by atoms with E-state index in [4.69, 9.17) is 0 Å². The lowest BCUT2D eigenvalue weighted by molar-refractivity contribution is 0.604. The van der Waals surface area contributed by atoms with Crippen molar-refractivity contribution < 1.29 is 4.39 Å². The standard InChI is InChI=1S/C11H14BrF/c1-8-3-6-11(13)10(7-8)5-4-9(2)12/h3,6-7,9H,4-5H2,1-2H3. The van der Waals surface area contributed by atoms with E-state index in [0.717, 1.165) is 24.0 Å². The summed E-state index contributed by atoms with van der Waals surface area (Å²) in [7, 11) is 0. The second kappa shape index (κ2) is 4.75. The topological polar surface area (TPSA) is 0 Å². The van der Waals surface area contributed by atoms with Crippen molar-refractivity contribution >= 4 is 15.9 Å². The summed E-state index contributed by atoms with van der Waals surface area (Å²) < 4.78 is 13.2. The normalized spacial score (nSPS) is 12.9. The van der Waals surface area contributed by atoms with Gasteiger partial charge in [-0.2, -0.15) is 0 Å². The number of hydrogen-bond donors (Lipinski definition) is 0. The molecule has 1 atom stereocenters. The average Bonchev–Trinajstić information content (AvgIpc) is 2.06. The van der Waals surface area contributed by atoms with Crippen molar-refractivity contribution in [3.63, 3.8) is 0 Å². The van der Waals surface area contributed by atoms with Crippen molar-refractivity contribution in [1.29, 1.82) is 0 Å². The van der Waals surface area contributed by atoms with Crippen molar-refractivity contribution in [3.8, 4) is 0 Å². The Morgan fingerprint density at radius 2 is 2.15 bits per heavy atom. The summed E-state index contributed by atoms with van der Waals surface area (Å²) in [6.45, 7) is 4.06. The lowest BCUT2D eigenvalue weighted by atomic mass is 10.1. The van der Waals surface area contributed by atoms with Gasteiger partial charge in [0.25, 0.3) is 0 Å². The third kappa shape index (κ3) is 3.47. The number of aryl methyl sites for hydroxylation is 2. The minimum absolute atomic E-state index is 0.0845. The van der Waals surface area contributed by atoms with E-state index in [2.05, 4.69) is 22.9 Å². The zero-order valence-corrected chi connectivity index (χ0v) is 9.57. The van der Waals surface area contributed by atoms with Gasteiger partial charge in [-0.1, -0.05) is 40.5 Å². The summed E-state index contributed by atoms with van der Waals surface area (Å²) >= 11 is 3.45. The van der Waals surface area contributed by atoms with E-state index < -0.39 is 0 Å². The van der Waals surface area contributed by atoms with Crippen molar-refractivity contribution in [3.05, 3.63) is 35.1 Å². The Labute approximate surface area is 87.3 Å². The Hall–Kier alpha value is -0.370. The molecule has 0 radical (unpaired) electrons. The van der Waals surface area contributed by atoms with Crippen LogP contribution in [-0.4, -0.2) is 4.83 Å². The molecule has 0 heterocycles. The van der Waals surface area contributed by atoms with Crippen molar-refractivity contribution in [2.24, 2.45) is 0 Å². The minimum Gasteiger partial charge on any atom is -0.207 e. The molecule has 0 aliphatic rings. The summed E-state index contributed by atoms with van der Waals surface area (Å²) in [5.74, 6) is -0.0845. The molecule has 0 N–H and O–H groups in total. The summed E-state index contributed by atoms with van der Waals surface area (Å²) in [6, 6.07) is 5.27. The highest BCUT2D eigenvalue weighted by molar-refractivity contribution is 9.09. The third-order valence-corrected chi connectivity index (χ3v) is 2.47. The van der Waals surface area contributed by atoms with Crippen LogP contribution in [0.15, 0.2) is 18.2 Å². The number of alkyl halides is 1. The second-order valence-electron chi connectivity index (χ2n) is 3.41. The fourth-order valence-electron chi connectivity index (χ4n) is 1.25. The summed E-state index contributed by atoms with van der Waals surface area (Å²) in [5.41, 5.74) is 1.95. The summed E-state index contributed by atoms with van der Waals surface area (Å²) in [6.07, 6.45) is 1.78. The SMILES string of the molecule is Cc1ccc(F)c(CCC(C)Br)c1. The van der Waals surface area contributed by atoms with E-state index in [1.165, 1.54) is 0 Å². The fourth-order valence-corrected chi connectivity index (χ4v) is 1.48. The Balaban J connectivity index is 2.70. The lowest BCUT2D eigenvalue weighted by Crippen LogP contribution is -1.97. The van der Waals surface area contributed by atoms with Gasteiger partial charge in [-0.05, 0) is 31.4 Å². The first kappa shape index (κ1) is 10.7. The highest BCUT2D eigenvalue weighted by atomic mass is 79.9. The van der Waals surface area contributed by atoms with Gasteiger partial charge in [-0.3, -0.25) is 0 Å². The van der Waals surface area contributed by atoms with Crippen LogP contribution in [0.5, 0.6) is 0 Å². The van der Waals surface area contributed by atoms with Gasteiger partial charge in [0.05, 0.1) is 0 Å². The highest BCUT2D eigenvalue weighted by Gasteiger charge is 2.03. The molecule has 0 nitrogen and oxygen atoms in total. The Morgan fingerprint density at radius 3 is 2.77 bits per heavy atom. The molecular weight excluding hydrogens is 231 g/mol. The molecule has 0 saturated carbocycles. The summed E-state index contributed by atoms with van der Waals surface area (Å²) in [5, 5.41) is 0. The van der Waals surface area contributed by atoms with Crippen LogP contribution >= 0.6 is 15.9 Å². The first-order valence-corrected chi connectivity index (χ1v) is 5.40. The van der Waals surface area contributed by atoms with Crippen LogP contribution in [0.4, 0.5) is 4.39 Å². The maximum absolute atomic E-state index is 13.2. The van der Waals surface area contributed by atoms with E-state index in [9.17, 15) is 4.39 Å². The van der Waals surface area contributed by atoms with Gasteiger partial charge < -0.3 is 0 Å². The molecule has 0 saturated heterocycles. The van der Waals surface area contributed by atoms with E-state index >= 15 is 0 Å². The van der Waals surface area contributed by atoms with Crippen LogP contribution in [-0.2, 0) is 6.42 Å². The monoisotopic (exact) mass is 244 g/mol. The molecule has 0 aliphatic heterocycles. The highest BCUT2D eigenvalue weighted by Crippen LogP contribution is 2.15. The quantitative estimate of drug-likeness (QED) is 0.709. The maximum atomic E-state index is 13.2. The van der Waals surface area contributed by atoms with Gasteiger partial charge in [0, 0.05) is 4.83 Å². The zero-order chi connectivity index (χ0) is 9.84. The van der Waals surface area contributed by atoms with Crippen LogP contribution in [0, 0.1) is 12.7 Å². The van der Waals surface area contributed by atoms with Crippen LogP contribution in [0.25, 0.3) is 0 Å². The average molecular weight is 245 g/mol. The van der Waals surface area contributed by atoms with Gasteiger partial charge in [0.1, 0.15) is 5.82 Å². The smallest absolute Gasteiger partial charge is 0.126 e. The van der Waals surface area contributed by atoms with Crippen molar-refractivity contribution in [2.75, 3.05) is 0 Å². The van der Waals surface area contributed by atoms with Crippen LogP contribution in [0.1, 0.15) is 24.5 Å². The van der Waals surface area contributed by atoms with Gasteiger partial charge in [0.15, 0.2) is 0 Å². The van der Waals surface area contributed by atoms with E-state index in [1.807, 2.05) is 13.0 Å². The molecule has 0 spiro atoms. The Morgan fingerprint density at radius 1 is 1.46 bits per heavy atom. The van der Waals surface area contributed by atoms with Gasteiger partial charge in [0.2, 0.25) is 0 Å². The van der Waals surface area contributed by atoms with Crippen LogP contribution < -0.4 is 0 Å². The Kier molecular flexibility index (Phi) is 3.91. The van der Waals surface area contributed by atoms with Crippen molar-refractivity contribution in [1.82, 2.24) is 0 Å². The molecule has 0 bridgehead atoms. The molecule has 72 valence electrons. The van der Waals surface area contributed by atoms with Crippen LogP contribution in [0.2, 0.25) is 0 Å². The molecular formula is C11H14BrF. The lowest BCUT2D eigenvalue weighted by Gasteiger charge is -2.05. The minimum atomic E-state index is -0.0845. The second-order valence-corrected chi connectivity index (χ2v) is 4.98. The molecule has 1 rings (SSSR count). The number of rotatable bonds is 3.